The van der Waals surface area contributed by atoms with Crippen LogP contribution in [0.1, 0.15) is 32.6 Å². The summed E-state index contributed by atoms with van der Waals surface area (Å²) >= 11 is 0. The fourth-order valence-corrected chi connectivity index (χ4v) is 2.26. The van der Waals surface area contributed by atoms with E-state index in [4.69, 9.17) is 0 Å². The maximum Gasteiger partial charge on any atom is 0.0100 e. The summed E-state index contributed by atoms with van der Waals surface area (Å²) in [6.45, 7) is 5.14. The van der Waals surface area contributed by atoms with Gasteiger partial charge < -0.3 is 4.90 Å². The van der Waals surface area contributed by atoms with Crippen LogP contribution in [0.25, 0.3) is 0 Å². The van der Waals surface area contributed by atoms with Gasteiger partial charge in [0.15, 0.2) is 0 Å². The normalized spacial score (nSPS) is 41.7. The minimum absolute atomic E-state index is 0.984. The largest absolute Gasteiger partial charge is 0.300 e. The molecule has 0 aromatic carbocycles. The molecule has 58 valence electrons. The fourth-order valence-electron chi connectivity index (χ4n) is 2.26. The van der Waals surface area contributed by atoms with Gasteiger partial charge in [0, 0.05) is 6.04 Å². The summed E-state index contributed by atoms with van der Waals surface area (Å²) in [5, 5.41) is 0. The molecule has 1 aliphatic carbocycles. The van der Waals surface area contributed by atoms with Gasteiger partial charge in [-0.05, 0) is 44.7 Å². The van der Waals surface area contributed by atoms with Crippen molar-refractivity contribution < 1.29 is 0 Å². The lowest BCUT2D eigenvalue weighted by Crippen LogP contribution is -2.42. The van der Waals surface area contributed by atoms with Crippen LogP contribution in [0.4, 0.5) is 0 Å². The van der Waals surface area contributed by atoms with Gasteiger partial charge in [-0.3, -0.25) is 0 Å². The average Bonchev–Trinajstić information content (AvgIpc) is 2.31. The first-order valence-corrected chi connectivity index (χ1v) is 4.60. The summed E-state index contributed by atoms with van der Waals surface area (Å²) in [5.41, 5.74) is 0. The van der Waals surface area contributed by atoms with Crippen molar-refractivity contribution in [1.82, 2.24) is 4.90 Å². The first-order chi connectivity index (χ1) is 4.86. The van der Waals surface area contributed by atoms with E-state index in [1.807, 2.05) is 0 Å². The zero-order chi connectivity index (χ0) is 6.97. The Labute approximate surface area is 63.4 Å². The third-order valence-electron chi connectivity index (χ3n) is 3.01. The van der Waals surface area contributed by atoms with Gasteiger partial charge in [0.2, 0.25) is 0 Å². The average molecular weight is 139 g/mol. The highest BCUT2D eigenvalue weighted by atomic mass is 15.2. The van der Waals surface area contributed by atoms with Crippen molar-refractivity contribution in [3.63, 3.8) is 0 Å². The highest BCUT2D eigenvalue weighted by Crippen LogP contribution is 2.32. The van der Waals surface area contributed by atoms with Crippen LogP contribution in [0.15, 0.2) is 0 Å². The van der Waals surface area contributed by atoms with Crippen molar-refractivity contribution in [3.8, 4) is 0 Å². The molecular formula is C9H17N. The van der Waals surface area contributed by atoms with Crippen LogP contribution < -0.4 is 0 Å². The van der Waals surface area contributed by atoms with Crippen LogP contribution in [-0.4, -0.2) is 24.0 Å². The molecule has 1 nitrogen and oxygen atoms in total. The van der Waals surface area contributed by atoms with Crippen LogP contribution in [0.3, 0.4) is 0 Å². The molecule has 0 spiro atoms. The Balaban J connectivity index is 1.78. The SMILES string of the molecule is C[C@H]1C[C@H](N2CCCC2)C1. The second-order valence-corrected chi connectivity index (χ2v) is 3.97. The van der Waals surface area contributed by atoms with E-state index in [2.05, 4.69) is 11.8 Å². The maximum absolute atomic E-state index is 2.68. The summed E-state index contributed by atoms with van der Waals surface area (Å²) in [4.78, 5) is 2.68. The lowest BCUT2D eigenvalue weighted by atomic mass is 9.81. The molecule has 0 atom stereocenters. The van der Waals surface area contributed by atoms with E-state index in [0.717, 1.165) is 12.0 Å². The summed E-state index contributed by atoms with van der Waals surface area (Å²) in [6.07, 6.45) is 5.84. The Hall–Kier alpha value is -0.0400. The summed E-state index contributed by atoms with van der Waals surface area (Å²) < 4.78 is 0. The topological polar surface area (TPSA) is 3.24 Å². The van der Waals surface area contributed by atoms with Crippen LogP contribution in [-0.2, 0) is 0 Å². The molecule has 0 N–H and O–H groups in total. The van der Waals surface area contributed by atoms with Crippen molar-refractivity contribution in [2.45, 2.75) is 38.6 Å². The van der Waals surface area contributed by atoms with Gasteiger partial charge in [0.25, 0.3) is 0 Å². The molecule has 2 fully saturated rings. The fraction of sp³-hybridized carbons (Fsp3) is 1.00. The van der Waals surface area contributed by atoms with Crippen molar-refractivity contribution in [2.75, 3.05) is 13.1 Å². The van der Waals surface area contributed by atoms with E-state index in [-0.39, 0.29) is 0 Å². The molecule has 0 bridgehead atoms. The number of nitrogens with zero attached hydrogens (tertiary/aromatic N) is 1. The van der Waals surface area contributed by atoms with Crippen LogP contribution in [0, 0.1) is 5.92 Å². The smallest absolute Gasteiger partial charge is 0.0100 e. The minimum atomic E-state index is 0.984. The Morgan fingerprint density at radius 1 is 1.10 bits per heavy atom. The second kappa shape index (κ2) is 2.54. The molecule has 1 heteroatoms. The monoisotopic (exact) mass is 139 g/mol. The molecular weight excluding hydrogens is 122 g/mol. The molecule has 2 aliphatic rings. The molecule has 0 unspecified atom stereocenters. The van der Waals surface area contributed by atoms with Gasteiger partial charge >= 0.3 is 0 Å². The Kier molecular flexibility index (Phi) is 1.69. The predicted octanol–water partition coefficient (Wildman–Crippen LogP) is 1.88. The molecule has 0 aromatic rings. The van der Waals surface area contributed by atoms with E-state index in [9.17, 15) is 0 Å². The molecule has 2 rings (SSSR count). The van der Waals surface area contributed by atoms with Crippen molar-refractivity contribution in [3.05, 3.63) is 0 Å². The molecule has 1 saturated carbocycles. The van der Waals surface area contributed by atoms with Crippen molar-refractivity contribution in [1.29, 1.82) is 0 Å². The lowest BCUT2D eigenvalue weighted by molar-refractivity contribution is 0.110. The Morgan fingerprint density at radius 2 is 1.70 bits per heavy atom. The standard InChI is InChI=1S/C9H17N/c1-8-6-9(7-8)10-4-2-3-5-10/h8-9H,2-7H2,1H3/t8-,9-. The van der Waals surface area contributed by atoms with Crippen LogP contribution in [0.2, 0.25) is 0 Å². The number of rotatable bonds is 1. The quantitative estimate of drug-likeness (QED) is 0.536. The van der Waals surface area contributed by atoms with E-state index in [1.165, 1.54) is 38.8 Å². The van der Waals surface area contributed by atoms with Gasteiger partial charge in [0.05, 0.1) is 0 Å². The van der Waals surface area contributed by atoms with Gasteiger partial charge in [-0.25, -0.2) is 0 Å². The number of likely N-dealkylation sites (tertiary alicyclic amines) is 1. The highest BCUT2D eigenvalue weighted by Gasteiger charge is 2.31. The Morgan fingerprint density at radius 3 is 2.20 bits per heavy atom. The van der Waals surface area contributed by atoms with Gasteiger partial charge in [-0.15, -0.1) is 0 Å². The predicted molar refractivity (Wildman–Crippen MR) is 43.0 cm³/mol. The zero-order valence-electron chi connectivity index (χ0n) is 6.84. The molecule has 1 aliphatic heterocycles. The first-order valence-electron chi connectivity index (χ1n) is 4.60. The molecule has 0 radical (unpaired) electrons. The number of hydrogen-bond donors (Lipinski definition) is 0. The third-order valence-corrected chi connectivity index (χ3v) is 3.01. The molecule has 0 amide bonds. The summed E-state index contributed by atoms with van der Waals surface area (Å²) in [6, 6.07) is 0.984. The molecule has 1 saturated heterocycles. The van der Waals surface area contributed by atoms with E-state index >= 15 is 0 Å². The van der Waals surface area contributed by atoms with Crippen LogP contribution >= 0.6 is 0 Å². The van der Waals surface area contributed by atoms with Gasteiger partial charge in [-0.2, -0.15) is 0 Å². The minimum Gasteiger partial charge on any atom is -0.300 e. The van der Waals surface area contributed by atoms with Crippen LogP contribution in [0.5, 0.6) is 0 Å². The lowest BCUT2D eigenvalue weighted by Gasteiger charge is -2.39. The summed E-state index contributed by atoms with van der Waals surface area (Å²) in [5.74, 6) is 1.02. The van der Waals surface area contributed by atoms with E-state index in [0.29, 0.717) is 0 Å². The molecule has 0 aromatic heterocycles. The second-order valence-electron chi connectivity index (χ2n) is 3.97. The van der Waals surface area contributed by atoms with Crippen molar-refractivity contribution >= 4 is 0 Å². The Bertz CT molecular complexity index is 110. The van der Waals surface area contributed by atoms with Crippen molar-refractivity contribution in [2.24, 2.45) is 5.92 Å². The first kappa shape index (κ1) is 6.66. The van der Waals surface area contributed by atoms with E-state index in [1.54, 1.807) is 0 Å². The zero-order valence-corrected chi connectivity index (χ0v) is 6.84. The molecule has 10 heavy (non-hydrogen) atoms. The third kappa shape index (κ3) is 1.07. The number of hydrogen-bond acceptors (Lipinski definition) is 1. The maximum atomic E-state index is 2.68. The van der Waals surface area contributed by atoms with Gasteiger partial charge in [-0.1, -0.05) is 6.92 Å². The van der Waals surface area contributed by atoms with E-state index < -0.39 is 0 Å². The van der Waals surface area contributed by atoms with Gasteiger partial charge in [0.1, 0.15) is 0 Å². The summed E-state index contributed by atoms with van der Waals surface area (Å²) in [7, 11) is 0. The highest BCUT2D eigenvalue weighted by molar-refractivity contribution is 4.86. The molecule has 1 heterocycles.